The topological polar surface area (TPSA) is 42.0 Å². The third kappa shape index (κ3) is 3.24. The van der Waals surface area contributed by atoms with E-state index in [4.69, 9.17) is 21.1 Å². The third-order valence-corrected chi connectivity index (χ3v) is 4.38. The largest absolute Gasteiger partial charge is 0.454 e. The number of halogens is 1. The quantitative estimate of drug-likeness (QED) is 0.799. The van der Waals surface area contributed by atoms with Gasteiger partial charge in [0.2, 0.25) is 12.7 Å². The molecule has 21 heavy (non-hydrogen) atoms. The van der Waals surface area contributed by atoms with Crippen LogP contribution in [0.4, 0.5) is 0 Å². The molecule has 1 aromatic carbocycles. The molecule has 1 unspecified atom stereocenters. The first-order valence-electron chi connectivity index (χ1n) is 7.15. The minimum atomic E-state index is -0.0941. The molecular weight excluding hydrogens is 292 g/mol. The molecule has 0 radical (unpaired) electrons. The first kappa shape index (κ1) is 14.5. The number of carbonyl (C=O) groups excluding carboxylic acids is 1. The van der Waals surface area contributed by atoms with E-state index in [9.17, 15) is 4.79 Å². The zero-order chi connectivity index (χ0) is 14.8. The number of ether oxygens (including phenoxy) is 2. The van der Waals surface area contributed by atoms with Crippen LogP contribution < -0.4 is 9.47 Å². The number of rotatable bonds is 3. The average Bonchev–Trinajstić information content (AvgIpc) is 2.95. The fourth-order valence-corrected chi connectivity index (χ4v) is 3.02. The third-order valence-electron chi connectivity index (χ3n) is 3.99. The maximum atomic E-state index is 11.3. The van der Waals surface area contributed by atoms with Gasteiger partial charge in [-0.15, -0.1) is 11.6 Å². The summed E-state index contributed by atoms with van der Waals surface area (Å²) in [6.45, 7) is 5.96. The molecule has 0 aromatic heterocycles. The van der Waals surface area contributed by atoms with E-state index < -0.39 is 0 Å². The Bertz CT molecular complexity index is 530. The summed E-state index contributed by atoms with van der Waals surface area (Å²) in [5, 5.41) is -0.0941. The lowest BCUT2D eigenvalue weighted by molar-refractivity contribution is -0.130. The van der Waals surface area contributed by atoms with Gasteiger partial charge in [0.05, 0.1) is 5.38 Å². The van der Waals surface area contributed by atoms with E-state index in [1.165, 1.54) is 0 Å². The van der Waals surface area contributed by atoms with Gasteiger partial charge in [-0.3, -0.25) is 9.69 Å². The Morgan fingerprint density at radius 2 is 1.95 bits per heavy atom. The zero-order valence-electron chi connectivity index (χ0n) is 12.0. The smallest absolute Gasteiger partial charge is 0.231 e. The maximum Gasteiger partial charge on any atom is 0.231 e. The van der Waals surface area contributed by atoms with Crippen LogP contribution in [0.3, 0.4) is 0 Å². The number of fused-ring (bicyclic) bond motifs is 1. The lowest BCUT2D eigenvalue weighted by Gasteiger charge is -2.35. The van der Waals surface area contributed by atoms with Gasteiger partial charge in [-0.2, -0.15) is 0 Å². The van der Waals surface area contributed by atoms with E-state index in [1.807, 2.05) is 23.1 Å². The molecule has 1 aromatic rings. The standard InChI is InChI=1S/C15H19ClN2O3/c1-11(19)18-6-4-17(5-7-18)9-13(16)12-2-3-14-15(8-12)21-10-20-14/h2-3,8,13H,4-7,9-10H2,1H3. The molecule has 0 spiro atoms. The summed E-state index contributed by atoms with van der Waals surface area (Å²) in [6, 6.07) is 5.84. The first-order valence-corrected chi connectivity index (χ1v) is 7.58. The van der Waals surface area contributed by atoms with Gasteiger partial charge in [0.15, 0.2) is 11.5 Å². The van der Waals surface area contributed by atoms with E-state index in [1.54, 1.807) is 6.92 Å². The molecule has 1 amide bonds. The molecule has 1 atom stereocenters. The molecule has 0 N–H and O–H groups in total. The summed E-state index contributed by atoms with van der Waals surface area (Å²) in [6.07, 6.45) is 0. The molecule has 6 heteroatoms. The molecule has 2 aliphatic heterocycles. The Balaban J connectivity index is 1.57. The Labute approximate surface area is 129 Å². The van der Waals surface area contributed by atoms with E-state index in [0.717, 1.165) is 49.8 Å². The van der Waals surface area contributed by atoms with Crippen molar-refractivity contribution < 1.29 is 14.3 Å². The van der Waals surface area contributed by atoms with Crippen LogP contribution in [0.25, 0.3) is 0 Å². The molecule has 2 aliphatic rings. The zero-order valence-corrected chi connectivity index (χ0v) is 12.8. The van der Waals surface area contributed by atoms with Gasteiger partial charge in [0.1, 0.15) is 0 Å². The van der Waals surface area contributed by atoms with Crippen molar-refractivity contribution in [2.24, 2.45) is 0 Å². The molecular formula is C15H19ClN2O3. The summed E-state index contributed by atoms with van der Waals surface area (Å²) in [5.41, 5.74) is 1.04. The summed E-state index contributed by atoms with van der Waals surface area (Å²) in [5.74, 6) is 1.69. The highest BCUT2D eigenvalue weighted by atomic mass is 35.5. The summed E-state index contributed by atoms with van der Waals surface area (Å²) >= 11 is 6.52. The van der Waals surface area contributed by atoms with Gasteiger partial charge in [-0.25, -0.2) is 0 Å². The fourth-order valence-electron chi connectivity index (χ4n) is 2.69. The van der Waals surface area contributed by atoms with Crippen molar-refractivity contribution in [2.45, 2.75) is 12.3 Å². The fraction of sp³-hybridized carbons (Fsp3) is 0.533. The second-order valence-electron chi connectivity index (χ2n) is 5.39. The lowest BCUT2D eigenvalue weighted by atomic mass is 10.1. The lowest BCUT2D eigenvalue weighted by Crippen LogP contribution is -2.48. The van der Waals surface area contributed by atoms with Crippen LogP contribution >= 0.6 is 11.6 Å². The van der Waals surface area contributed by atoms with Crippen molar-refractivity contribution in [3.63, 3.8) is 0 Å². The molecule has 3 rings (SSSR count). The van der Waals surface area contributed by atoms with Crippen molar-refractivity contribution in [1.29, 1.82) is 0 Å². The van der Waals surface area contributed by atoms with Crippen molar-refractivity contribution in [2.75, 3.05) is 39.5 Å². The number of benzene rings is 1. The molecule has 114 valence electrons. The van der Waals surface area contributed by atoms with Gasteiger partial charge in [-0.05, 0) is 17.7 Å². The highest BCUT2D eigenvalue weighted by molar-refractivity contribution is 6.21. The number of piperazine rings is 1. The van der Waals surface area contributed by atoms with Crippen LogP contribution in [0.2, 0.25) is 0 Å². The molecule has 1 saturated heterocycles. The Kier molecular flexibility index (Phi) is 4.22. The molecule has 2 heterocycles. The molecule has 0 bridgehead atoms. The van der Waals surface area contributed by atoms with E-state index >= 15 is 0 Å². The van der Waals surface area contributed by atoms with Crippen LogP contribution in [0.1, 0.15) is 17.9 Å². The van der Waals surface area contributed by atoms with Crippen molar-refractivity contribution >= 4 is 17.5 Å². The average molecular weight is 311 g/mol. The van der Waals surface area contributed by atoms with Crippen LogP contribution in [-0.2, 0) is 4.79 Å². The number of amides is 1. The minimum Gasteiger partial charge on any atom is -0.454 e. The minimum absolute atomic E-state index is 0.0941. The van der Waals surface area contributed by atoms with Gasteiger partial charge >= 0.3 is 0 Å². The summed E-state index contributed by atoms with van der Waals surface area (Å²) < 4.78 is 10.7. The van der Waals surface area contributed by atoms with E-state index in [2.05, 4.69) is 4.90 Å². The Morgan fingerprint density at radius 3 is 2.67 bits per heavy atom. The van der Waals surface area contributed by atoms with E-state index in [-0.39, 0.29) is 18.1 Å². The van der Waals surface area contributed by atoms with Gasteiger partial charge < -0.3 is 14.4 Å². The second kappa shape index (κ2) is 6.12. The molecule has 1 fully saturated rings. The highest BCUT2D eigenvalue weighted by Crippen LogP contribution is 2.35. The summed E-state index contributed by atoms with van der Waals surface area (Å²) in [4.78, 5) is 15.5. The van der Waals surface area contributed by atoms with Gasteiger partial charge in [0.25, 0.3) is 0 Å². The first-order chi connectivity index (χ1) is 10.1. The van der Waals surface area contributed by atoms with Crippen LogP contribution in [0.15, 0.2) is 18.2 Å². The Morgan fingerprint density at radius 1 is 1.24 bits per heavy atom. The molecule has 0 saturated carbocycles. The van der Waals surface area contributed by atoms with Crippen LogP contribution in [-0.4, -0.2) is 55.2 Å². The molecule has 5 nitrogen and oxygen atoms in total. The second-order valence-corrected chi connectivity index (χ2v) is 5.91. The van der Waals surface area contributed by atoms with E-state index in [0.29, 0.717) is 0 Å². The van der Waals surface area contributed by atoms with Crippen molar-refractivity contribution in [3.8, 4) is 11.5 Å². The van der Waals surface area contributed by atoms with Crippen LogP contribution in [0.5, 0.6) is 11.5 Å². The highest BCUT2D eigenvalue weighted by Gasteiger charge is 2.22. The summed E-state index contributed by atoms with van der Waals surface area (Å²) in [7, 11) is 0. The van der Waals surface area contributed by atoms with Crippen molar-refractivity contribution in [3.05, 3.63) is 23.8 Å². The predicted molar refractivity (Wildman–Crippen MR) is 79.9 cm³/mol. The monoisotopic (exact) mass is 310 g/mol. The predicted octanol–water partition coefficient (Wildman–Crippen LogP) is 1.86. The number of hydrogen-bond acceptors (Lipinski definition) is 4. The number of nitrogens with zero attached hydrogens (tertiary/aromatic N) is 2. The van der Waals surface area contributed by atoms with Gasteiger partial charge in [-0.1, -0.05) is 6.07 Å². The van der Waals surface area contributed by atoms with Crippen LogP contribution in [0, 0.1) is 0 Å². The molecule has 0 aliphatic carbocycles. The SMILES string of the molecule is CC(=O)N1CCN(CC(Cl)c2ccc3c(c2)OCO3)CC1. The number of carbonyl (C=O) groups is 1. The Hall–Kier alpha value is -1.46. The number of hydrogen-bond donors (Lipinski definition) is 0. The number of alkyl halides is 1. The van der Waals surface area contributed by atoms with Crippen molar-refractivity contribution in [1.82, 2.24) is 9.80 Å². The van der Waals surface area contributed by atoms with Gasteiger partial charge in [0, 0.05) is 39.6 Å². The normalized spacial score (nSPS) is 19.6. The maximum absolute atomic E-state index is 11.3.